The van der Waals surface area contributed by atoms with Crippen LogP contribution in [-0.2, 0) is 21.9 Å². The molecule has 2 aliphatic rings. The molecule has 2 amide bonds. The molecule has 2 fully saturated rings. The minimum atomic E-state index is -5.03. The molecule has 1 saturated heterocycles. The number of hydrogen-bond donors (Lipinski definition) is 0. The van der Waals surface area contributed by atoms with Gasteiger partial charge < -0.3 is 0 Å². The van der Waals surface area contributed by atoms with Gasteiger partial charge in [-0.3, -0.25) is 14.5 Å². The Hall–Kier alpha value is -2.06. The molecule has 9 heteroatoms. The second kappa shape index (κ2) is 5.74. The number of amides is 2. The molecule has 1 aromatic carbocycles. The highest BCUT2D eigenvalue weighted by Crippen LogP contribution is 2.43. The van der Waals surface area contributed by atoms with Crippen LogP contribution in [0.5, 0.6) is 0 Å². The molecular formula is C16H13F6NO2. The van der Waals surface area contributed by atoms with Crippen LogP contribution in [0.15, 0.2) is 18.2 Å². The van der Waals surface area contributed by atoms with Crippen LogP contribution in [0.3, 0.4) is 0 Å². The fourth-order valence-electron chi connectivity index (χ4n) is 3.48. The van der Waals surface area contributed by atoms with Crippen molar-refractivity contribution < 1.29 is 35.9 Å². The Balaban J connectivity index is 2.10. The third-order valence-corrected chi connectivity index (χ3v) is 4.67. The Labute approximate surface area is 138 Å². The van der Waals surface area contributed by atoms with E-state index in [2.05, 4.69) is 0 Å². The molecule has 1 aromatic rings. The van der Waals surface area contributed by atoms with Gasteiger partial charge in [-0.2, -0.15) is 26.3 Å². The number of carbonyl (C=O) groups excluding carboxylic acids is 2. The largest absolute Gasteiger partial charge is 0.416 e. The smallest absolute Gasteiger partial charge is 0.274 e. The number of halogens is 6. The lowest BCUT2D eigenvalue weighted by atomic mass is 9.81. The van der Waals surface area contributed by atoms with E-state index in [0.717, 1.165) is 0 Å². The van der Waals surface area contributed by atoms with Crippen molar-refractivity contribution in [2.75, 3.05) is 4.90 Å². The zero-order chi connectivity index (χ0) is 18.6. The topological polar surface area (TPSA) is 37.4 Å². The summed E-state index contributed by atoms with van der Waals surface area (Å²) in [6, 6.07) is 0.812. The minimum absolute atomic E-state index is 0.0262. The number of imide groups is 1. The second-order valence-electron chi connectivity index (χ2n) is 6.27. The summed E-state index contributed by atoms with van der Waals surface area (Å²) >= 11 is 0. The summed E-state index contributed by atoms with van der Waals surface area (Å²) in [6.07, 6.45) is -7.84. The van der Waals surface area contributed by atoms with Crippen LogP contribution < -0.4 is 4.90 Å². The molecular weight excluding hydrogens is 352 g/mol. The van der Waals surface area contributed by atoms with Crippen LogP contribution in [-0.4, -0.2) is 11.8 Å². The third-order valence-electron chi connectivity index (χ3n) is 4.67. The van der Waals surface area contributed by atoms with Crippen LogP contribution in [0.2, 0.25) is 0 Å². The zero-order valence-corrected chi connectivity index (χ0v) is 12.7. The summed E-state index contributed by atoms with van der Waals surface area (Å²) in [4.78, 5) is 25.3. The van der Waals surface area contributed by atoms with Crippen molar-refractivity contribution in [3.63, 3.8) is 0 Å². The Kier molecular flexibility index (Phi) is 4.08. The molecule has 0 N–H and O–H groups in total. The molecule has 1 aliphatic heterocycles. The van der Waals surface area contributed by atoms with Gasteiger partial charge in [0.25, 0.3) is 0 Å². The number of benzene rings is 1. The van der Waals surface area contributed by atoms with Gasteiger partial charge >= 0.3 is 12.4 Å². The molecule has 3 nitrogen and oxygen atoms in total. The normalized spacial score (nSPS) is 24.6. The van der Waals surface area contributed by atoms with Crippen molar-refractivity contribution in [1.29, 1.82) is 0 Å². The van der Waals surface area contributed by atoms with E-state index in [9.17, 15) is 35.9 Å². The van der Waals surface area contributed by atoms with Crippen LogP contribution >= 0.6 is 0 Å². The molecule has 0 spiro atoms. The summed E-state index contributed by atoms with van der Waals surface area (Å²) in [5.74, 6) is -2.76. The van der Waals surface area contributed by atoms with Crippen LogP contribution in [0.1, 0.15) is 36.8 Å². The molecule has 25 heavy (non-hydrogen) atoms. The van der Waals surface area contributed by atoms with Crippen molar-refractivity contribution in [2.45, 2.75) is 38.0 Å². The number of anilines is 1. The highest BCUT2D eigenvalue weighted by molar-refractivity contribution is 6.22. The maximum Gasteiger partial charge on any atom is 0.416 e. The summed E-state index contributed by atoms with van der Waals surface area (Å²) in [5, 5.41) is 0. The predicted molar refractivity (Wildman–Crippen MR) is 74.4 cm³/mol. The molecule has 2 atom stereocenters. The fraction of sp³-hybridized carbons (Fsp3) is 0.500. The van der Waals surface area contributed by atoms with Crippen molar-refractivity contribution in [3.8, 4) is 0 Å². The van der Waals surface area contributed by atoms with Gasteiger partial charge in [-0.1, -0.05) is 12.8 Å². The van der Waals surface area contributed by atoms with Gasteiger partial charge in [0, 0.05) is 0 Å². The van der Waals surface area contributed by atoms with Gasteiger partial charge in [-0.15, -0.1) is 0 Å². The van der Waals surface area contributed by atoms with Crippen LogP contribution in [0.4, 0.5) is 32.0 Å². The second-order valence-corrected chi connectivity index (χ2v) is 6.27. The fourth-order valence-corrected chi connectivity index (χ4v) is 3.48. The summed E-state index contributed by atoms with van der Waals surface area (Å²) in [7, 11) is 0. The van der Waals surface area contributed by atoms with E-state index in [1.165, 1.54) is 0 Å². The van der Waals surface area contributed by atoms with E-state index in [1.807, 2.05) is 0 Å². The van der Waals surface area contributed by atoms with E-state index >= 15 is 0 Å². The molecule has 1 aliphatic carbocycles. The van der Waals surface area contributed by atoms with Gasteiger partial charge in [0.05, 0.1) is 28.7 Å². The lowest BCUT2D eigenvalue weighted by molar-refractivity contribution is -0.143. The SMILES string of the molecule is O=C1[C@@H]2CCCC[C@H]2C(=O)N1c1cc(C(F)(F)F)cc(C(F)(F)F)c1. The van der Waals surface area contributed by atoms with E-state index < -0.39 is 52.8 Å². The number of alkyl halides is 6. The summed E-state index contributed by atoms with van der Waals surface area (Å²) in [6.45, 7) is 0. The number of hydrogen-bond acceptors (Lipinski definition) is 2. The standard InChI is InChI=1S/C16H13F6NO2/c17-15(18,19)8-5-9(16(20,21)22)7-10(6-8)23-13(24)11-3-1-2-4-12(11)14(23)25/h5-7,11-12H,1-4H2/t11-,12-/m1/s1. The minimum Gasteiger partial charge on any atom is -0.274 e. The number of nitrogens with zero attached hydrogens (tertiary/aromatic N) is 1. The van der Waals surface area contributed by atoms with Gasteiger partial charge in [-0.05, 0) is 31.0 Å². The van der Waals surface area contributed by atoms with E-state index in [0.29, 0.717) is 42.7 Å². The monoisotopic (exact) mass is 365 g/mol. The zero-order valence-electron chi connectivity index (χ0n) is 12.7. The quantitative estimate of drug-likeness (QED) is 0.546. The van der Waals surface area contributed by atoms with Crippen molar-refractivity contribution in [1.82, 2.24) is 0 Å². The maximum atomic E-state index is 13.0. The first-order chi connectivity index (χ1) is 11.5. The van der Waals surface area contributed by atoms with Gasteiger partial charge in [-0.25, -0.2) is 0 Å². The van der Waals surface area contributed by atoms with Crippen molar-refractivity contribution in [2.24, 2.45) is 11.8 Å². The third kappa shape index (κ3) is 3.11. The average molecular weight is 365 g/mol. The summed E-state index contributed by atoms with van der Waals surface area (Å²) in [5.41, 5.74) is -3.77. The highest BCUT2D eigenvalue weighted by atomic mass is 19.4. The molecule has 1 saturated carbocycles. The average Bonchev–Trinajstić information content (AvgIpc) is 2.77. The first kappa shape index (κ1) is 17.8. The Bertz CT molecular complexity index is 668. The Morgan fingerprint density at radius 2 is 1.16 bits per heavy atom. The van der Waals surface area contributed by atoms with Crippen LogP contribution in [0, 0.1) is 11.8 Å². The highest BCUT2D eigenvalue weighted by Gasteiger charge is 2.49. The lowest BCUT2D eigenvalue weighted by Gasteiger charge is -2.19. The first-order valence-electron chi connectivity index (χ1n) is 7.67. The Morgan fingerprint density at radius 1 is 0.760 bits per heavy atom. The van der Waals surface area contributed by atoms with Gasteiger partial charge in [0.15, 0.2) is 0 Å². The summed E-state index contributed by atoms with van der Waals surface area (Å²) < 4.78 is 77.7. The maximum absolute atomic E-state index is 13.0. The van der Waals surface area contributed by atoms with E-state index in [-0.39, 0.29) is 6.07 Å². The first-order valence-corrected chi connectivity index (χ1v) is 7.67. The molecule has 0 unspecified atom stereocenters. The van der Waals surface area contributed by atoms with Gasteiger partial charge in [0.1, 0.15) is 0 Å². The predicted octanol–water partition coefficient (Wildman–Crippen LogP) is 4.40. The molecule has 136 valence electrons. The number of carbonyl (C=O) groups is 2. The van der Waals surface area contributed by atoms with E-state index in [1.54, 1.807) is 0 Å². The molecule has 3 rings (SSSR count). The van der Waals surface area contributed by atoms with Crippen molar-refractivity contribution >= 4 is 17.5 Å². The molecule has 0 aromatic heterocycles. The Morgan fingerprint density at radius 3 is 1.52 bits per heavy atom. The van der Waals surface area contributed by atoms with Gasteiger partial charge in [0.2, 0.25) is 11.8 Å². The molecule has 0 bridgehead atoms. The molecule has 1 heterocycles. The lowest BCUT2D eigenvalue weighted by Crippen LogP contribution is -2.31. The number of fused-ring (bicyclic) bond motifs is 1. The van der Waals surface area contributed by atoms with Crippen molar-refractivity contribution in [3.05, 3.63) is 29.3 Å². The molecule has 0 radical (unpaired) electrons. The van der Waals surface area contributed by atoms with E-state index in [4.69, 9.17) is 0 Å². The number of rotatable bonds is 1. The van der Waals surface area contributed by atoms with Crippen LogP contribution in [0.25, 0.3) is 0 Å².